The summed E-state index contributed by atoms with van der Waals surface area (Å²) in [6.07, 6.45) is 0. The monoisotopic (exact) mass is 427 g/mol. The number of halogens is 2. The van der Waals surface area contributed by atoms with Crippen molar-refractivity contribution in [2.45, 2.75) is 18.4 Å². The Morgan fingerprint density at radius 3 is 2.65 bits per heavy atom. The Bertz CT molecular complexity index is 742. The van der Waals surface area contributed by atoms with E-state index in [1.807, 2.05) is 22.6 Å². The van der Waals surface area contributed by atoms with Gasteiger partial charge in [0.25, 0.3) is 10.0 Å². The molecule has 0 bridgehead atoms. The van der Waals surface area contributed by atoms with E-state index >= 15 is 0 Å². The van der Waals surface area contributed by atoms with E-state index in [2.05, 4.69) is 4.72 Å². The lowest BCUT2D eigenvalue weighted by Gasteiger charge is -2.09. The predicted molar refractivity (Wildman–Crippen MR) is 84.3 cm³/mol. The number of hydrogen-bond donors (Lipinski definition) is 2. The average Bonchev–Trinajstić information content (AvgIpc) is 2.75. The molecule has 5 nitrogen and oxygen atoms in total. The normalized spacial score (nSPS) is 11.6. The minimum atomic E-state index is -3.77. The van der Waals surface area contributed by atoms with Crippen LogP contribution in [0.15, 0.2) is 33.6 Å². The lowest BCUT2D eigenvalue weighted by Crippen LogP contribution is -2.14. The van der Waals surface area contributed by atoms with Crippen LogP contribution in [-0.4, -0.2) is 13.5 Å². The second-order valence-corrected chi connectivity index (χ2v) is 7.27. The Hall–Kier alpha value is -0.770. The van der Waals surface area contributed by atoms with Crippen molar-refractivity contribution in [2.75, 3.05) is 4.72 Å². The number of anilines is 1. The van der Waals surface area contributed by atoms with Crippen molar-refractivity contribution in [2.24, 2.45) is 0 Å². The van der Waals surface area contributed by atoms with Crippen LogP contribution in [0.3, 0.4) is 0 Å². The zero-order valence-corrected chi connectivity index (χ0v) is 14.1. The highest BCUT2D eigenvalue weighted by atomic mass is 127. The van der Waals surface area contributed by atoms with E-state index in [9.17, 15) is 8.42 Å². The SMILES string of the molecule is Cc1oc(CO)cc1S(=O)(=O)Nc1ccc(Cl)cc1I. The van der Waals surface area contributed by atoms with E-state index in [1.54, 1.807) is 18.2 Å². The largest absolute Gasteiger partial charge is 0.462 e. The molecule has 20 heavy (non-hydrogen) atoms. The smallest absolute Gasteiger partial charge is 0.265 e. The quantitative estimate of drug-likeness (QED) is 0.735. The van der Waals surface area contributed by atoms with Gasteiger partial charge in [0, 0.05) is 14.7 Å². The van der Waals surface area contributed by atoms with Crippen LogP contribution in [0.5, 0.6) is 0 Å². The number of nitrogens with one attached hydrogen (secondary N) is 1. The maximum atomic E-state index is 12.3. The van der Waals surface area contributed by atoms with Crippen molar-refractivity contribution in [3.05, 3.63) is 44.4 Å². The van der Waals surface area contributed by atoms with Gasteiger partial charge >= 0.3 is 0 Å². The molecule has 0 aliphatic rings. The third-order valence-electron chi connectivity index (χ3n) is 2.54. The Morgan fingerprint density at radius 2 is 2.10 bits per heavy atom. The van der Waals surface area contributed by atoms with Gasteiger partial charge < -0.3 is 9.52 Å². The molecule has 1 heterocycles. The Labute approximate surface area is 135 Å². The second-order valence-electron chi connectivity index (χ2n) is 4.02. The minimum absolute atomic E-state index is 0.00676. The molecule has 2 aromatic rings. The van der Waals surface area contributed by atoms with Crippen molar-refractivity contribution in [3.8, 4) is 0 Å². The summed E-state index contributed by atoms with van der Waals surface area (Å²) in [6.45, 7) is 1.18. The van der Waals surface area contributed by atoms with Crippen LogP contribution in [0.1, 0.15) is 11.5 Å². The third-order valence-corrected chi connectivity index (χ3v) is 5.14. The molecule has 0 radical (unpaired) electrons. The molecular weight excluding hydrogens is 417 g/mol. The summed E-state index contributed by atoms with van der Waals surface area (Å²) in [5.41, 5.74) is 0.432. The van der Waals surface area contributed by atoms with Crippen LogP contribution >= 0.6 is 34.2 Å². The van der Waals surface area contributed by atoms with Crippen molar-refractivity contribution >= 4 is 49.9 Å². The van der Waals surface area contributed by atoms with E-state index in [-0.39, 0.29) is 23.0 Å². The van der Waals surface area contributed by atoms with Gasteiger partial charge in [-0.15, -0.1) is 0 Å². The van der Waals surface area contributed by atoms with E-state index in [0.29, 0.717) is 14.3 Å². The first-order valence-electron chi connectivity index (χ1n) is 5.51. The Kier molecular flexibility index (Phi) is 4.62. The Balaban J connectivity index is 2.38. The lowest BCUT2D eigenvalue weighted by molar-refractivity contribution is 0.245. The van der Waals surface area contributed by atoms with E-state index < -0.39 is 10.0 Å². The molecule has 0 aliphatic heterocycles. The number of furan rings is 1. The number of aliphatic hydroxyl groups is 1. The van der Waals surface area contributed by atoms with Gasteiger partial charge in [0.15, 0.2) is 0 Å². The first kappa shape index (κ1) is 15.6. The molecule has 1 aromatic heterocycles. The highest BCUT2D eigenvalue weighted by Gasteiger charge is 2.22. The standard InChI is InChI=1S/C12H11ClINO4S/c1-7-12(5-9(6-16)19-7)20(17,18)15-11-3-2-8(13)4-10(11)14/h2-5,15-16H,6H2,1H3. The fourth-order valence-corrected chi connectivity index (χ4v) is 4.11. The molecule has 0 saturated carbocycles. The van der Waals surface area contributed by atoms with Crippen molar-refractivity contribution in [3.63, 3.8) is 0 Å². The van der Waals surface area contributed by atoms with Crippen molar-refractivity contribution < 1.29 is 17.9 Å². The van der Waals surface area contributed by atoms with Crippen molar-refractivity contribution in [1.82, 2.24) is 0 Å². The van der Waals surface area contributed by atoms with Crippen LogP contribution < -0.4 is 4.72 Å². The summed E-state index contributed by atoms with van der Waals surface area (Å²) in [6, 6.07) is 6.15. The zero-order chi connectivity index (χ0) is 14.9. The van der Waals surface area contributed by atoms with Gasteiger partial charge in [-0.3, -0.25) is 4.72 Å². The van der Waals surface area contributed by atoms with Crippen LogP contribution in [0.25, 0.3) is 0 Å². The van der Waals surface area contributed by atoms with Crippen molar-refractivity contribution in [1.29, 1.82) is 0 Å². The fraction of sp³-hybridized carbons (Fsp3) is 0.167. The Morgan fingerprint density at radius 1 is 1.40 bits per heavy atom. The maximum absolute atomic E-state index is 12.3. The zero-order valence-electron chi connectivity index (χ0n) is 10.4. The average molecular weight is 428 g/mol. The van der Waals surface area contributed by atoms with Crippen LogP contribution in [0.2, 0.25) is 5.02 Å². The van der Waals surface area contributed by atoms with E-state index in [4.69, 9.17) is 21.1 Å². The second kappa shape index (κ2) is 5.92. The fourth-order valence-electron chi connectivity index (χ4n) is 1.64. The molecule has 108 valence electrons. The van der Waals surface area contributed by atoms with E-state index in [1.165, 1.54) is 13.0 Å². The molecule has 0 aliphatic carbocycles. The number of hydrogen-bond acceptors (Lipinski definition) is 4. The molecule has 0 fully saturated rings. The number of aliphatic hydroxyl groups excluding tert-OH is 1. The molecule has 0 amide bonds. The first-order valence-corrected chi connectivity index (χ1v) is 8.45. The van der Waals surface area contributed by atoms with Crippen LogP contribution in [0.4, 0.5) is 5.69 Å². The lowest BCUT2D eigenvalue weighted by atomic mass is 10.3. The predicted octanol–water partition coefficient (Wildman–Crippen LogP) is 3.14. The van der Waals surface area contributed by atoms with E-state index in [0.717, 1.165) is 0 Å². The van der Waals surface area contributed by atoms with Crippen LogP contribution in [-0.2, 0) is 16.6 Å². The van der Waals surface area contributed by atoms with Gasteiger partial charge in [-0.05, 0) is 47.7 Å². The molecule has 0 unspecified atom stereocenters. The minimum Gasteiger partial charge on any atom is -0.462 e. The number of sulfonamides is 1. The summed E-state index contributed by atoms with van der Waals surface area (Å²) in [5, 5.41) is 9.51. The van der Waals surface area contributed by atoms with Gasteiger partial charge in [0.1, 0.15) is 23.0 Å². The molecule has 1 aromatic carbocycles. The number of benzene rings is 1. The number of aryl methyl sites for hydroxylation is 1. The third kappa shape index (κ3) is 3.27. The summed E-state index contributed by atoms with van der Waals surface area (Å²) in [7, 11) is -3.77. The van der Waals surface area contributed by atoms with Gasteiger partial charge in [0.2, 0.25) is 0 Å². The molecule has 0 saturated heterocycles. The molecular formula is C12H11ClINO4S. The molecule has 0 atom stereocenters. The number of rotatable bonds is 4. The highest BCUT2D eigenvalue weighted by Crippen LogP contribution is 2.27. The van der Waals surface area contributed by atoms with Gasteiger partial charge in [-0.25, -0.2) is 8.42 Å². The molecule has 2 N–H and O–H groups in total. The highest BCUT2D eigenvalue weighted by molar-refractivity contribution is 14.1. The molecule has 2 rings (SSSR count). The van der Waals surface area contributed by atoms with Crippen LogP contribution in [0, 0.1) is 10.5 Å². The summed E-state index contributed by atoms with van der Waals surface area (Å²) >= 11 is 7.82. The maximum Gasteiger partial charge on any atom is 0.265 e. The topological polar surface area (TPSA) is 79.5 Å². The van der Waals surface area contributed by atoms with Gasteiger partial charge in [0.05, 0.1) is 5.69 Å². The molecule has 0 spiro atoms. The summed E-state index contributed by atoms with van der Waals surface area (Å²) in [4.78, 5) is 0.00676. The van der Waals surface area contributed by atoms with Gasteiger partial charge in [-0.1, -0.05) is 11.6 Å². The molecule has 8 heteroatoms. The summed E-state index contributed by atoms with van der Waals surface area (Å²) < 4.78 is 32.9. The summed E-state index contributed by atoms with van der Waals surface area (Å²) in [5.74, 6) is 0.430. The first-order chi connectivity index (χ1) is 9.33. The van der Waals surface area contributed by atoms with Gasteiger partial charge in [-0.2, -0.15) is 0 Å².